The van der Waals surface area contributed by atoms with E-state index in [9.17, 15) is 0 Å². The monoisotopic (exact) mass is 422 g/mol. The van der Waals surface area contributed by atoms with Gasteiger partial charge in [-0.25, -0.2) is 0 Å². The highest BCUT2D eigenvalue weighted by atomic mass is 79.9. The smallest absolute Gasteiger partial charge is 0.0638 e. The third-order valence-corrected chi connectivity index (χ3v) is 6.37. The van der Waals surface area contributed by atoms with E-state index in [2.05, 4.69) is 11.5 Å². The van der Waals surface area contributed by atoms with Crippen molar-refractivity contribution in [2.45, 2.75) is 116 Å². The van der Waals surface area contributed by atoms with Crippen molar-refractivity contribution < 1.29 is 0 Å². The number of hydrogen-bond acceptors (Lipinski definition) is 1. The fourth-order valence-electron chi connectivity index (χ4n) is 4.96. The molecule has 0 saturated carbocycles. The lowest BCUT2D eigenvalue weighted by Crippen LogP contribution is -2.22. The van der Waals surface area contributed by atoms with E-state index in [1.807, 2.05) is 0 Å². The molecule has 0 spiro atoms. The highest BCUT2D eigenvalue weighted by Gasteiger charge is 2.24. The number of nitrogens with zero attached hydrogens (tertiary/aromatic N) is 1. The first-order chi connectivity index (χ1) is 12.3. The van der Waals surface area contributed by atoms with Crippen LogP contribution in [0.2, 0.25) is 0 Å². The number of halogens is 1. The fourth-order valence-corrected chi connectivity index (χ4v) is 4.96. The average molecular weight is 423 g/mol. The largest absolute Gasteiger partial charge is 0.348 e. The van der Waals surface area contributed by atoms with Gasteiger partial charge in [0.25, 0.3) is 0 Å². The lowest BCUT2D eigenvalue weighted by atomic mass is 10.1. The molecule has 3 rings (SSSR count). The van der Waals surface area contributed by atoms with Crippen molar-refractivity contribution in [1.82, 2.24) is 4.57 Å². The maximum absolute atomic E-state index is 8.54. The van der Waals surface area contributed by atoms with Gasteiger partial charge in [0.05, 0.1) is 5.36 Å². The molecule has 2 aliphatic rings. The Balaban J connectivity index is 0.00000243. The Morgan fingerprint density at radius 1 is 0.692 bits per heavy atom. The van der Waals surface area contributed by atoms with Gasteiger partial charge in [-0.3, -0.25) is 0 Å². The molecule has 0 bridgehead atoms. The molecular weight excluding hydrogens is 384 g/mol. The topological polar surface area (TPSA) is 28.8 Å². The van der Waals surface area contributed by atoms with Crippen LogP contribution in [0.25, 0.3) is 0 Å². The maximum atomic E-state index is 8.54. The van der Waals surface area contributed by atoms with Gasteiger partial charge in [-0.15, -0.1) is 17.0 Å². The Bertz CT molecular complexity index is 579. The normalized spacial score (nSPS) is 15.0. The lowest BCUT2D eigenvalue weighted by molar-refractivity contribution is 0.521. The molecule has 2 nitrogen and oxygen atoms in total. The Labute approximate surface area is 171 Å². The Hall–Kier alpha value is -0.570. The number of unbranched alkanes of at least 4 members (excludes halogenated alkanes) is 9. The minimum atomic E-state index is 0. The number of hydrogen-bond donors (Lipinski definition) is 1. The first-order valence-electron chi connectivity index (χ1n) is 11.1. The third kappa shape index (κ3) is 5.24. The van der Waals surface area contributed by atoms with Crippen LogP contribution in [0.15, 0.2) is 0 Å². The summed E-state index contributed by atoms with van der Waals surface area (Å²) >= 11 is 0. The molecule has 26 heavy (non-hydrogen) atoms. The molecule has 0 amide bonds. The Kier molecular flexibility index (Phi) is 9.45. The molecule has 2 aliphatic carbocycles. The van der Waals surface area contributed by atoms with Crippen molar-refractivity contribution >= 4 is 17.0 Å². The zero-order chi connectivity index (χ0) is 17.5. The predicted molar refractivity (Wildman–Crippen MR) is 117 cm³/mol. The minimum absolute atomic E-state index is 0. The first-order valence-corrected chi connectivity index (χ1v) is 11.1. The summed E-state index contributed by atoms with van der Waals surface area (Å²) in [6, 6.07) is 0. The molecule has 3 heteroatoms. The fraction of sp³-hybridized carbons (Fsp3) is 0.783. The van der Waals surface area contributed by atoms with Gasteiger partial charge in [0.2, 0.25) is 0 Å². The zero-order valence-corrected chi connectivity index (χ0v) is 18.6. The summed E-state index contributed by atoms with van der Waals surface area (Å²) in [5.74, 6) is 0. The second-order valence-electron chi connectivity index (χ2n) is 8.27. The summed E-state index contributed by atoms with van der Waals surface area (Å²) in [7, 11) is 0. The summed E-state index contributed by atoms with van der Waals surface area (Å²) in [5.41, 5.74) is 5.85. The van der Waals surface area contributed by atoms with Crippen molar-refractivity contribution in [2.24, 2.45) is 0 Å². The summed E-state index contributed by atoms with van der Waals surface area (Å²) in [6.45, 7) is 3.50. The number of pyridine rings is 1. The van der Waals surface area contributed by atoms with Gasteiger partial charge in [-0.05, 0) is 56.1 Å². The maximum Gasteiger partial charge on any atom is 0.0638 e. The van der Waals surface area contributed by atoms with Gasteiger partial charge in [0.15, 0.2) is 0 Å². The van der Waals surface area contributed by atoms with Gasteiger partial charge in [-0.1, -0.05) is 64.7 Å². The van der Waals surface area contributed by atoms with E-state index in [1.54, 1.807) is 0 Å². The summed E-state index contributed by atoms with van der Waals surface area (Å²) in [5, 5.41) is 9.46. The molecule has 1 N–H and O–H groups in total. The van der Waals surface area contributed by atoms with Gasteiger partial charge >= 0.3 is 0 Å². The second-order valence-corrected chi connectivity index (χ2v) is 8.27. The molecule has 0 aromatic carbocycles. The molecule has 0 saturated heterocycles. The summed E-state index contributed by atoms with van der Waals surface area (Å²) in [6.07, 6.45) is 21.4. The molecule has 1 aromatic rings. The van der Waals surface area contributed by atoms with Crippen molar-refractivity contribution in [3.63, 3.8) is 0 Å². The molecule has 0 aliphatic heterocycles. The van der Waals surface area contributed by atoms with Gasteiger partial charge in [0.1, 0.15) is 0 Å². The quantitative estimate of drug-likeness (QED) is 0.397. The van der Waals surface area contributed by atoms with E-state index < -0.39 is 0 Å². The van der Waals surface area contributed by atoms with E-state index >= 15 is 0 Å². The molecule has 1 aromatic heterocycles. The van der Waals surface area contributed by atoms with Crippen molar-refractivity contribution in [3.05, 3.63) is 27.9 Å². The number of rotatable bonds is 11. The van der Waals surface area contributed by atoms with Gasteiger partial charge in [-0.2, -0.15) is 0 Å². The second kappa shape index (κ2) is 11.3. The highest BCUT2D eigenvalue weighted by Crippen LogP contribution is 2.27. The highest BCUT2D eigenvalue weighted by molar-refractivity contribution is 8.93. The van der Waals surface area contributed by atoms with Crippen LogP contribution in [-0.2, 0) is 32.2 Å². The molecule has 0 fully saturated rings. The van der Waals surface area contributed by atoms with Crippen molar-refractivity contribution in [3.8, 4) is 0 Å². The number of nitrogens with one attached hydrogen (secondary N) is 1. The van der Waals surface area contributed by atoms with Crippen LogP contribution in [0.4, 0.5) is 0 Å². The SMILES string of the molecule is Br.CCCCCCCCCCCCn1c2c(c(=N)c3c1CCC3)CCC2. The van der Waals surface area contributed by atoms with Crippen LogP contribution in [-0.4, -0.2) is 4.57 Å². The molecular formula is C23H39BrN2. The van der Waals surface area contributed by atoms with Crippen LogP contribution in [0.5, 0.6) is 0 Å². The van der Waals surface area contributed by atoms with Gasteiger partial charge in [0, 0.05) is 17.9 Å². The number of fused-ring (bicyclic) bond motifs is 2. The molecule has 1 heterocycles. The third-order valence-electron chi connectivity index (χ3n) is 6.37. The lowest BCUT2D eigenvalue weighted by Gasteiger charge is -2.19. The van der Waals surface area contributed by atoms with Crippen LogP contribution in [0.3, 0.4) is 0 Å². The summed E-state index contributed by atoms with van der Waals surface area (Å²) in [4.78, 5) is 0. The van der Waals surface area contributed by atoms with E-state index in [1.165, 1.54) is 119 Å². The Morgan fingerprint density at radius 2 is 1.15 bits per heavy atom. The van der Waals surface area contributed by atoms with Crippen molar-refractivity contribution in [1.29, 1.82) is 5.41 Å². The van der Waals surface area contributed by atoms with Crippen LogP contribution in [0.1, 0.15) is 106 Å². The average Bonchev–Trinajstić information content (AvgIpc) is 3.29. The van der Waals surface area contributed by atoms with E-state index in [0.717, 1.165) is 18.2 Å². The van der Waals surface area contributed by atoms with Gasteiger partial charge < -0.3 is 9.98 Å². The van der Waals surface area contributed by atoms with E-state index in [0.29, 0.717) is 0 Å². The number of aromatic nitrogens is 1. The minimum Gasteiger partial charge on any atom is -0.348 e. The van der Waals surface area contributed by atoms with Crippen molar-refractivity contribution in [2.75, 3.05) is 0 Å². The standard InChI is InChI=1S/C23H38N2.BrH/c1-2-3-4-5-6-7-8-9-10-11-18-25-21-16-12-14-19(21)23(24)20-15-13-17-22(20)25;/h24H,2-18H2,1H3;1H. The zero-order valence-electron chi connectivity index (χ0n) is 16.9. The predicted octanol–water partition coefficient (Wildman–Crippen LogP) is 6.44. The molecule has 0 atom stereocenters. The van der Waals surface area contributed by atoms with Crippen LogP contribution < -0.4 is 5.36 Å². The van der Waals surface area contributed by atoms with E-state index in [-0.39, 0.29) is 17.0 Å². The van der Waals surface area contributed by atoms with Crippen LogP contribution >= 0.6 is 17.0 Å². The first kappa shape index (κ1) is 21.7. The summed E-state index contributed by atoms with van der Waals surface area (Å²) < 4.78 is 2.66. The molecule has 0 radical (unpaired) electrons. The van der Waals surface area contributed by atoms with E-state index in [4.69, 9.17) is 5.41 Å². The van der Waals surface area contributed by atoms with Crippen LogP contribution in [0, 0.1) is 5.41 Å². The molecule has 0 unspecified atom stereocenters. The molecule has 148 valence electrons. The Morgan fingerprint density at radius 3 is 1.65 bits per heavy atom.